The van der Waals surface area contributed by atoms with Crippen molar-refractivity contribution < 1.29 is 9.59 Å². The molecule has 2 aromatic carbocycles. The van der Waals surface area contributed by atoms with Crippen LogP contribution in [0.15, 0.2) is 46.8 Å². The number of aromatic nitrogens is 2. The normalized spacial score (nSPS) is 15.7. The van der Waals surface area contributed by atoms with Crippen molar-refractivity contribution in [2.75, 3.05) is 5.01 Å². The number of nitrogens with one attached hydrogen (secondary N) is 1. The number of rotatable bonds is 2. The number of amides is 2. The standard InChI is InChI=1S/C21H20N4O3/c1-12-5-7-15(9-13(12)2)25-20(27)16(19(26)22-25)10-14-6-8-17-18(11-14)24(4)21(28)23(17)3/h5-11H,1-4H3,(H,22,26)/b16-10+. The first-order valence-electron chi connectivity index (χ1n) is 8.88. The number of hydrogen-bond acceptors (Lipinski definition) is 3. The molecule has 0 aliphatic carbocycles. The average molecular weight is 376 g/mol. The van der Waals surface area contributed by atoms with E-state index in [4.69, 9.17) is 0 Å². The van der Waals surface area contributed by atoms with Crippen LogP contribution in [-0.2, 0) is 23.7 Å². The van der Waals surface area contributed by atoms with E-state index in [0.29, 0.717) is 11.3 Å². The molecule has 0 unspecified atom stereocenters. The highest BCUT2D eigenvalue weighted by molar-refractivity contribution is 6.31. The van der Waals surface area contributed by atoms with Crippen LogP contribution < -0.4 is 16.1 Å². The second kappa shape index (κ2) is 6.23. The highest BCUT2D eigenvalue weighted by Gasteiger charge is 2.34. The Morgan fingerprint density at radius 2 is 1.57 bits per heavy atom. The smallest absolute Gasteiger partial charge is 0.295 e. The number of aryl methyl sites for hydroxylation is 4. The molecule has 3 aromatic rings. The van der Waals surface area contributed by atoms with Gasteiger partial charge in [0.1, 0.15) is 5.57 Å². The minimum atomic E-state index is -0.453. The predicted octanol–water partition coefficient (Wildman–Crippen LogP) is 1.96. The maximum Gasteiger partial charge on any atom is 0.328 e. The second-order valence-corrected chi connectivity index (χ2v) is 7.06. The molecule has 2 heterocycles. The number of hydrazine groups is 1. The van der Waals surface area contributed by atoms with Gasteiger partial charge >= 0.3 is 5.69 Å². The van der Waals surface area contributed by atoms with E-state index in [1.54, 1.807) is 42.9 Å². The third kappa shape index (κ3) is 2.63. The number of carbonyl (C=O) groups is 2. The van der Waals surface area contributed by atoms with Crippen LogP contribution in [-0.4, -0.2) is 20.9 Å². The Labute approximate surface area is 161 Å². The Kier molecular flexibility index (Phi) is 3.96. The Balaban J connectivity index is 1.73. The van der Waals surface area contributed by atoms with Crippen molar-refractivity contribution in [3.8, 4) is 0 Å². The lowest BCUT2D eigenvalue weighted by Gasteiger charge is -2.15. The van der Waals surface area contributed by atoms with Gasteiger partial charge in [0.05, 0.1) is 16.7 Å². The SMILES string of the molecule is Cc1ccc(N2NC(=O)/C(=C\c3ccc4c(c3)n(C)c(=O)n4C)C2=O)cc1C. The van der Waals surface area contributed by atoms with Crippen molar-refractivity contribution in [1.29, 1.82) is 0 Å². The van der Waals surface area contributed by atoms with Crippen molar-refractivity contribution in [1.82, 2.24) is 14.6 Å². The summed E-state index contributed by atoms with van der Waals surface area (Å²) in [5, 5.41) is 1.26. The van der Waals surface area contributed by atoms with Crippen molar-refractivity contribution in [2.24, 2.45) is 14.1 Å². The fourth-order valence-electron chi connectivity index (χ4n) is 3.38. The highest BCUT2D eigenvalue weighted by Crippen LogP contribution is 2.24. The van der Waals surface area contributed by atoms with E-state index in [9.17, 15) is 14.4 Å². The molecule has 1 fully saturated rings. The summed E-state index contributed by atoms with van der Waals surface area (Å²) in [5.74, 6) is -0.861. The number of anilines is 1. The number of carbonyl (C=O) groups excluding carboxylic acids is 2. The summed E-state index contributed by atoms with van der Waals surface area (Å²) in [7, 11) is 3.40. The molecule has 1 N–H and O–H groups in total. The van der Waals surface area contributed by atoms with E-state index in [0.717, 1.165) is 22.2 Å². The molecular weight excluding hydrogens is 356 g/mol. The lowest BCUT2D eigenvalue weighted by atomic mass is 10.1. The van der Waals surface area contributed by atoms with Gasteiger partial charge in [-0.3, -0.25) is 24.1 Å². The molecule has 1 aliphatic rings. The highest BCUT2D eigenvalue weighted by atomic mass is 16.2. The summed E-state index contributed by atoms with van der Waals surface area (Å²) in [6.45, 7) is 3.94. The summed E-state index contributed by atoms with van der Waals surface area (Å²) < 4.78 is 3.09. The zero-order valence-electron chi connectivity index (χ0n) is 16.1. The molecule has 0 spiro atoms. The first-order valence-corrected chi connectivity index (χ1v) is 8.88. The van der Waals surface area contributed by atoms with Gasteiger partial charge in [0.2, 0.25) is 0 Å². The van der Waals surface area contributed by atoms with E-state index in [2.05, 4.69) is 5.43 Å². The van der Waals surface area contributed by atoms with Gasteiger partial charge in [0, 0.05) is 14.1 Å². The second-order valence-electron chi connectivity index (χ2n) is 7.06. The molecule has 28 heavy (non-hydrogen) atoms. The lowest BCUT2D eigenvalue weighted by Crippen LogP contribution is -2.35. The molecule has 7 nitrogen and oxygen atoms in total. The van der Waals surface area contributed by atoms with Gasteiger partial charge in [-0.1, -0.05) is 12.1 Å². The Bertz CT molecular complexity index is 1250. The van der Waals surface area contributed by atoms with Crippen LogP contribution in [0.2, 0.25) is 0 Å². The van der Waals surface area contributed by atoms with E-state index < -0.39 is 11.8 Å². The van der Waals surface area contributed by atoms with Crippen LogP contribution in [0.25, 0.3) is 17.1 Å². The number of nitrogens with zero attached hydrogens (tertiary/aromatic N) is 3. The summed E-state index contributed by atoms with van der Waals surface area (Å²) in [6, 6.07) is 11.0. The molecule has 142 valence electrons. The van der Waals surface area contributed by atoms with E-state index in [1.165, 1.54) is 9.58 Å². The van der Waals surface area contributed by atoms with Gasteiger partial charge in [-0.25, -0.2) is 9.80 Å². The summed E-state index contributed by atoms with van der Waals surface area (Å²) >= 11 is 0. The van der Waals surface area contributed by atoms with Gasteiger partial charge in [-0.05, 0) is 60.9 Å². The third-order valence-electron chi connectivity index (χ3n) is 5.25. The molecule has 4 rings (SSSR count). The summed E-state index contributed by atoms with van der Waals surface area (Å²) in [5.41, 5.74) is 7.50. The minimum Gasteiger partial charge on any atom is -0.295 e. The third-order valence-corrected chi connectivity index (χ3v) is 5.25. The van der Waals surface area contributed by atoms with Crippen LogP contribution in [0.1, 0.15) is 16.7 Å². The van der Waals surface area contributed by atoms with Crippen molar-refractivity contribution in [2.45, 2.75) is 13.8 Å². The van der Waals surface area contributed by atoms with Crippen LogP contribution in [0.4, 0.5) is 5.69 Å². The molecule has 2 amide bonds. The number of imidazole rings is 1. The van der Waals surface area contributed by atoms with E-state index in [1.807, 2.05) is 32.0 Å². The number of fused-ring (bicyclic) bond motifs is 1. The van der Waals surface area contributed by atoms with Crippen molar-refractivity contribution >= 4 is 34.6 Å². The fraction of sp³-hybridized carbons (Fsp3) is 0.190. The maximum atomic E-state index is 12.8. The number of hydrogen-bond donors (Lipinski definition) is 1. The fourth-order valence-corrected chi connectivity index (χ4v) is 3.38. The Morgan fingerprint density at radius 1 is 0.857 bits per heavy atom. The van der Waals surface area contributed by atoms with Gasteiger partial charge in [0.15, 0.2) is 0 Å². The number of benzene rings is 2. The predicted molar refractivity (Wildman–Crippen MR) is 108 cm³/mol. The minimum absolute atomic E-state index is 0.0542. The first kappa shape index (κ1) is 17.8. The molecule has 1 aromatic heterocycles. The van der Waals surface area contributed by atoms with Gasteiger partial charge in [0.25, 0.3) is 11.8 Å². The summed E-state index contributed by atoms with van der Waals surface area (Å²) in [6.07, 6.45) is 1.55. The van der Waals surface area contributed by atoms with Crippen LogP contribution in [0.3, 0.4) is 0 Å². The molecule has 7 heteroatoms. The van der Waals surface area contributed by atoms with Gasteiger partial charge in [-0.2, -0.15) is 0 Å². The van der Waals surface area contributed by atoms with E-state index in [-0.39, 0.29) is 11.3 Å². The molecule has 1 saturated heterocycles. The zero-order chi connectivity index (χ0) is 20.2. The summed E-state index contributed by atoms with van der Waals surface area (Å²) in [4.78, 5) is 37.3. The topological polar surface area (TPSA) is 76.3 Å². The Hall–Kier alpha value is -3.61. The monoisotopic (exact) mass is 376 g/mol. The van der Waals surface area contributed by atoms with Crippen LogP contribution >= 0.6 is 0 Å². The largest absolute Gasteiger partial charge is 0.328 e. The lowest BCUT2D eigenvalue weighted by molar-refractivity contribution is -0.117. The average Bonchev–Trinajstić information content (AvgIpc) is 3.07. The molecule has 0 bridgehead atoms. The van der Waals surface area contributed by atoms with Gasteiger partial charge < -0.3 is 0 Å². The van der Waals surface area contributed by atoms with Crippen molar-refractivity contribution in [3.63, 3.8) is 0 Å². The zero-order valence-corrected chi connectivity index (χ0v) is 16.1. The molecule has 0 saturated carbocycles. The first-order chi connectivity index (χ1) is 13.3. The molecule has 0 atom stereocenters. The Morgan fingerprint density at radius 3 is 2.29 bits per heavy atom. The quantitative estimate of drug-likeness (QED) is 0.549. The van der Waals surface area contributed by atoms with E-state index >= 15 is 0 Å². The maximum absolute atomic E-state index is 12.8. The molecular formula is C21H20N4O3. The van der Waals surface area contributed by atoms with Crippen LogP contribution in [0.5, 0.6) is 0 Å². The molecule has 1 aliphatic heterocycles. The van der Waals surface area contributed by atoms with Crippen molar-refractivity contribution in [3.05, 3.63) is 69.1 Å². The van der Waals surface area contributed by atoms with Crippen LogP contribution in [0, 0.1) is 13.8 Å². The van der Waals surface area contributed by atoms with Gasteiger partial charge in [-0.15, -0.1) is 0 Å². The molecule has 0 radical (unpaired) electrons.